The molecule has 0 heterocycles. The van der Waals surface area contributed by atoms with Crippen molar-refractivity contribution < 1.29 is 9.59 Å². The van der Waals surface area contributed by atoms with E-state index < -0.39 is 5.91 Å². The van der Waals surface area contributed by atoms with Gasteiger partial charge in [0.05, 0.1) is 0 Å². The highest BCUT2D eigenvalue weighted by Gasteiger charge is 2.34. The van der Waals surface area contributed by atoms with Gasteiger partial charge in [-0.25, -0.2) is 0 Å². The number of hydrogen-bond donors (Lipinski definition) is 1. The third-order valence-corrected chi connectivity index (χ3v) is 5.09. The van der Waals surface area contributed by atoms with Crippen molar-refractivity contribution in [3.05, 3.63) is 35.4 Å². The van der Waals surface area contributed by atoms with Gasteiger partial charge in [0.25, 0.3) is 5.91 Å². The number of benzene rings is 1. The van der Waals surface area contributed by atoms with Crippen LogP contribution < -0.4 is 5.73 Å². The smallest absolute Gasteiger partial charge is 0.254 e. The Morgan fingerprint density at radius 3 is 1.64 bits per heavy atom. The highest BCUT2D eigenvalue weighted by Crippen LogP contribution is 2.32. The fourth-order valence-electron chi connectivity index (χ4n) is 3.92. The minimum Gasteiger partial charge on any atom is -0.366 e. The quantitative estimate of drug-likeness (QED) is 0.928. The number of carbonyl (C=O) groups excluding carboxylic acids is 2. The van der Waals surface area contributed by atoms with Crippen molar-refractivity contribution in [2.75, 3.05) is 0 Å². The number of hydrogen-bond acceptors (Lipinski definition) is 2. The summed E-state index contributed by atoms with van der Waals surface area (Å²) in [6.07, 6.45) is 9.40. The van der Waals surface area contributed by atoms with Crippen LogP contribution in [0.15, 0.2) is 24.3 Å². The van der Waals surface area contributed by atoms with Crippen LogP contribution in [-0.4, -0.2) is 28.8 Å². The lowest BCUT2D eigenvalue weighted by atomic mass is 10.0. The molecule has 118 valence electrons. The molecule has 0 radical (unpaired) electrons. The Kier molecular flexibility index (Phi) is 4.46. The SMILES string of the molecule is NC(=O)c1ccc(C(=O)N(C2CCCC2)C2CCCC2)cc1. The van der Waals surface area contributed by atoms with E-state index >= 15 is 0 Å². The minimum atomic E-state index is -0.456. The van der Waals surface area contributed by atoms with Gasteiger partial charge < -0.3 is 10.6 Å². The first kappa shape index (κ1) is 15.1. The third-order valence-electron chi connectivity index (χ3n) is 5.09. The molecule has 2 amide bonds. The summed E-state index contributed by atoms with van der Waals surface area (Å²) >= 11 is 0. The molecule has 0 bridgehead atoms. The molecule has 2 aliphatic rings. The van der Waals surface area contributed by atoms with E-state index in [4.69, 9.17) is 5.73 Å². The van der Waals surface area contributed by atoms with Gasteiger partial charge in [0, 0.05) is 23.2 Å². The Labute approximate surface area is 131 Å². The maximum atomic E-state index is 13.0. The van der Waals surface area contributed by atoms with Crippen molar-refractivity contribution in [1.29, 1.82) is 0 Å². The van der Waals surface area contributed by atoms with Crippen LogP contribution in [0.2, 0.25) is 0 Å². The lowest BCUT2D eigenvalue weighted by Crippen LogP contribution is -2.45. The molecule has 0 saturated heterocycles. The normalized spacial score (nSPS) is 19.5. The van der Waals surface area contributed by atoms with Gasteiger partial charge in [0.2, 0.25) is 5.91 Å². The zero-order valence-corrected chi connectivity index (χ0v) is 13.0. The number of carbonyl (C=O) groups is 2. The molecule has 0 atom stereocenters. The first-order valence-corrected chi connectivity index (χ1v) is 8.39. The average Bonchev–Trinajstić information content (AvgIpc) is 3.21. The van der Waals surface area contributed by atoms with Crippen molar-refractivity contribution in [3.8, 4) is 0 Å². The molecule has 22 heavy (non-hydrogen) atoms. The van der Waals surface area contributed by atoms with Crippen molar-refractivity contribution in [3.63, 3.8) is 0 Å². The molecule has 4 nitrogen and oxygen atoms in total. The van der Waals surface area contributed by atoms with Gasteiger partial charge in [-0.1, -0.05) is 25.7 Å². The van der Waals surface area contributed by atoms with Gasteiger partial charge in [0.1, 0.15) is 0 Å². The lowest BCUT2D eigenvalue weighted by Gasteiger charge is -2.34. The second-order valence-electron chi connectivity index (χ2n) is 6.53. The molecule has 0 spiro atoms. The van der Waals surface area contributed by atoms with Gasteiger partial charge >= 0.3 is 0 Å². The van der Waals surface area contributed by atoms with Crippen LogP contribution in [0, 0.1) is 0 Å². The Balaban J connectivity index is 1.82. The van der Waals surface area contributed by atoms with Crippen LogP contribution in [0.3, 0.4) is 0 Å². The molecule has 3 rings (SSSR count). The minimum absolute atomic E-state index is 0.120. The molecule has 2 saturated carbocycles. The summed E-state index contributed by atoms with van der Waals surface area (Å²) in [6.45, 7) is 0. The summed E-state index contributed by atoms with van der Waals surface area (Å²) in [5, 5.41) is 0. The molecule has 4 heteroatoms. The maximum absolute atomic E-state index is 13.0. The number of primary amides is 1. The van der Waals surface area contributed by atoms with Crippen LogP contribution in [0.4, 0.5) is 0 Å². The summed E-state index contributed by atoms with van der Waals surface area (Å²) in [7, 11) is 0. The monoisotopic (exact) mass is 300 g/mol. The predicted molar refractivity (Wildman–Crippen MR) is 85.6 cm³/mol. The molecule has 2 aliphatic carbocycles. The fourth-order valence-corrected chi connectivity index (χ4v) is 3.92. The summed E-state index contributed by atoms with van der Waals surface area (Å²) in [4.78, 5) is 26.3. The summed E-state index contributed by atoms with van der Waals surface area (Å²) in [6, 6.07) is 7.56. The Morgan fingerprint density at radius 2 is 1.23 bits per heavy atom. The topological polar surface area (TPSA) is 63.4 Å². The molecule has 2 N–H and O–H groups in total. The Bertz CT molecular complexity index is 525. The predicted octanol–water partition coefficient (Wildman–Crippen LogP) is 3.11. The van der Waals surface area contributed by atoms with E-state index in [0.717, 1.165) is 25.7 Å². The third kappa shape index (κ3) is 3.01. The zero-order valence-electron chi connectivity index (χ0n) is 13.0. The molecule has 0 aliphatic heterocycles. The molecule has 2 fully saturated rings. The summed E-state index contributed by atoms with van der Waals surface area (Å²) in [5.74, 6) is -0.336. The van der Waals surface area contributed by atoms with E-state index in [0.29, 0.717) is 23.2 Å². The zero-order chi connectivity index (χ0) is 15.5. The highest BCUT2D eigenvalue weighted by atomic mass is 16.2. The Hall–Kier alpha value is -1.84. The van der Waals surface area contributed by atoms with E-state index in [2.05, 4.69) is 4.90 Å². The number of nitrogens with two attached hydrogens (primary N) is 1. The molecule has 1 aromatic carbocycles. The van der Waals surface area contributed by atoms with Gasteiger partial charge in [-0.3, -0.25) is 9.59 Å². The van der Waals surface area contributed by atoms with Gasteiger partial charge in [-0.15, -0.1) is 0 Å². The standard InChI is InChI=1S/C18H24N2O2/c19-17(21)13-9-11-14(12-10-13)18(22)20(15-5-1-2-6-15)16-7-3-4-8-16/h9-12,15-16H,1-8H2,(H2,19,21). The summed E-state index contributed by atoms with van der Waals surface area (Å²) < 4.78 is 0. The second-order valence-corrected chi connectivity index (χ2v) is 6.53. The number of nitrogens with zero attached hydrogens (tertiary/aromatic N) is 1. The van der Waals surface area contributed by atoms with Crippen LogP contribution in [0.25, 0.3) is 0 Å². The van der Waals surface area contributed by atoms with Gasteiger partial charge in [0.15, 0.2) is 0 Å². The molecule has 0 unspecified atom stereocenters. The van der Waals surface area contributed by atoms with Crippen LogP contribution >= 0.6 is 0 Å². The molecular weight excluding hydrogens is 276 g/mol. The van der Waals surface area contributed by atoms with Crippen LogP contribution in [0.1, 0.15) is 72.1 Å². The number of rotatable bonds is 4. The first-order valence-electron chi connectivity index (χ1n) is 8.39. The summed E-state index contributed by atoms with van der Waals surface area (Å²) in [5.41, 5.74) is 6.38. The van der Waals surface area contributed by atoms with Crippen LogP contribution in [0.5, 0.6) is 0 Å². The van der Waals surface area contributed by atoms with Crippen LogP contribution in [-0.2, 0) is 0 Å². The number of amides is 2. The van der Waals surface area contributed by atoms with Gasteiger partial charge in [-0.2, -0.15) is 0 Å². The lowest BCUT2D eigenvalue weighted by molar-refractivity contribution is 0.0580. The first-order chi connectivity index (χ1) is 10.7. The maximum Gasteiger partial charge on any atom is 0.254 e. The molecular formula is C18H24N2O2. The fraction of sp³-hybridized carbons (Fsp3) is 0.556. The Morgan fingerprint density at radius 1 is 0.818 bits per heavy atom. The van der Waals surface area contributed by atoms with E-state index in [-0.39, 0.29) is 5.91 Å². The molecule has 1 aromatic rings. The van der Waals surface area contributed by atoms with E-state index in [1.54, 1.807) is 24.3 Å². The average molecular weight is 300 g/mol. The molecule has 0 aromatic heterocycles. The highest BCUT2D eigenvalue weighted by molar-refractivity contribution is 5.97. The van der Waals surface area contributed by atoms with E-state index in [1.165, 1.54) is 25.7 Å². The van der Waals surface area contributed by atoms with Crippen molar-refractivity contribution >= 4 is 11.8 Å². The largest absolute Gasteiger partial charge is 0.366 e. The van der Waals surface area contributed by atoms with Crippen molar-refractivity contribution in [1.82, 2.24) is 4.90 Å². The van der Waals surface area contributed by atoms with E-state index in [1.807, 2.05) is 0 Å². The van der Waals surface area contributed by atoms with E-state index in [9.17, 15) is 9.59 Å². The second kappa shape index (κ2) is 6.51. The van der Waals surface area contributed by atoms with Crippen molar-refractivity contribution in [2.24, 2.45) is 5.73 Å². The van der Waals surface area contributed by atoms with Crippen molar-refractivity contribution in [2.45, 2.75) is 63.5 Å². The van der Waals surface area contributed by atoms with Gasteiger partial charge in [-0.05, 0) is 49.9 Å².